The van der Waals surface area contributed by atoms with Gasteiger partial charge in [-0.15, -0.1) is 0 Å². The summed E-state index contributed by atoms with van der Waals surface area (Å²) in [6, 6.07) is 11.5. The smallest absolute Gasteiger partial charge is 0.238 e. The summed E-state index contributed by atoms with van der Waals surface area (Å²) in [4.78, 5) is 25.9. The van der Waals surface area contributed by atoms with Crippen LogP contribution in [0.5, 0.6) is 0 Å². The highest BCUT2D eigenvalue weighted by atomic mass is 79.9. The third kappa shape index (κ3) is 7.58. The average Bonchev–Trinajstić information content (AvgIpc) is 2.62. The maximum absolute atomic E-state index is 12.2. The molecule has 0 fully saturated rings. The Labute approximate surface area is 178 Å². The van der Waals surface area contributed by atoms with Gasteiger partial charge in [0, 0.05) is 16.7 Å². The molecule has 0 saturated carbocycles. The van der Waals surface area contributed by atoms with E-state index in [1.807, 2.05) is 25.1 Å². The van der Waals surface area contributed by atoms with Gasteiger partial charge in [-0.2, -0.15) is 0 Å². The number of sulfonamides is 1. The lowest BCUT2D eigenvalue weighted by atomic mass is 10.2. The fourth-order valence-electron chi connectivity index (χ4n) is 2.56. The van der Waals surface area contributed by atoms with E-state index in [0.29, 0.717) is 0 Å². The second-order valence-electron chi connectivity index (χ2n) is 6.65. The van der Waals surface area contributed by atoms with Crippen LogP contribution in [-0.2, 0) is 26.2 Å². The van der Waals surface area contributed by atoms with E-state index in [9.17, 15) is 18.0 Å². The highest BCUT2D eigenvalue weighted by Gasteiger charge is 2.12. The maximum atomic E-state index is 12.2. The van der Waals surface area contributed by atoms with E-state index >= 15 is 0 Å². The number of primary sulfonamides is 1. The van der Waals surface area contributed by atoms with Crippen LogP contribution in [0.15, 0.2) is 51.8 Å². The zero-order valence-corrected chi connectivity index (χ0v) is 18.5. The molecule has 2 aromatic carbocycles. The Kier molecular flexibility index (Phi) is 7.91. The van der Waals surface area contributed by atoms with Crippen molar-refractivity contribution in [3.63, 3.8) is 0 Å². The van der Waals surface area contributed by atoms with Crippen molar-refractivity contribution in [1.29, 1.82) is 0 Å². The van der Waals surface area contributed by atoms with Crippen molar-refractivity contribution in [2.24, 2.45) is 5.14 Å². The summed E-state index contributed by atoms with van der Waals surface area (Å²) in [6.45, 7) is 2.24. The molecule has 2 aromatic rings. The van der Waals surface area contributed by atoms with Crippen molar-refractivity contribution < 1.29 is 18.0 Å². The summed E-state index contributed by atoms with van der Waals surface area (Å²) >= 11 is 3.38. The van der Waals surface area contributed by atoms with Crippen LogP contribution < -0.4 is 15.8 Å². The van der Waals surface area contributed by atoms with Crippen molar-refractivity contribution in [3.8, 4) is 0 Å². The van der Waals surface area contributed by atoms with Crippen molar-refractivity contribution in [2.75, 3.05) is 25.5 Å². The number of nitrogens with two attached hydrogens (primary N) is 1. The summed E-state index contributed by atoms with van der Waals surface area (Å²) in [5.41, 5.74) is 2.39. The number of hydrogen-bond donors (Lipinski definition) is 3. The van der Waals surface area contributed by atoms with Crippen molar-refractivity contribution in [1.82, 2.24) is 10.2 Å². The molecule has 2 rings (SSSR count). The van der Waals surface area contributed by atoms with Gasteiger partial charge in [-0.1, -0.05) is 28.1 Å². The number of amides is 2. The zero-order chi connectivity index (χ0) is 21.6. The monoisotopic (exact) mass is 482 g/mol. The minimum atomic E-state index is -3.74. The fraction of sp³-hybridized carbons (Fsp3) is 0.263. The first-order chi connectivity index (χ1) is 13.5. The molecule has 0 aliphatic heterocycles. The van der Waals surface area contributed by atoms with Gasteiger partial charge in [0.25, 0.3) is 0 Å². The molecule has 0 spiro atoms. The summed E-state index contributed by atoms with van der Waals surface area (Å²) in [5.74, 6) is -0.472. The summed E-state index contributed by atoms with van der Waals surface area (Å²) in [7, 11) is -2.07. The first kappa shape index (κ1) is 23.0. The molecule has 29 heavy (non-hydrogen) atoms. The van der Waals surface area contributed by atoms with Gasteiger partial charge in [0.15, 0.2) is 0 Å². The summed E-state index contributed by atoms with van der Waals surface area (Å²) in [5, 5.41) is 10.6. The van der Waals surface area contributed by atoms with Gasteiger partial charge in [-0.25, -0.2) is 13.6 Å². The average molecular weight is 483 g/mol. The van der Waals surface area contributed by atoms with Crippen LogP contribution in [-0.4, -0.2) is 45.3 Å². The molecule has 0 aliphatic rings. The Hall–Kier alpha value is -2.27. The zero-order valence-electron chi connectivity index (χ0n) is 16.1. The number of likely N-dealkylation sites (N-methyl/N-ethyl adjacent to an activating group) is 1. The molecule has 8 nitrogen and oxygen atoms in total. The largest absolute Gasteiger partial charge is 0.351 e. The molecule has 4 N–H and O–H groups in total. The molecular formula is C19H23BrN4O4S. The first-order valence-corrected chi connectivity index (χ1v) is 11.0. The predicted molar refractivity (Wildman–Crippen MR) is 115 cm³/mol. The quantitative estimate of drug-likeness (QED) is 0.527. The van der Waals surface area contributed by atoms with E-state index in [0.717, 1.165) is 21.3 Å². The van der Waals surface area contributed by atoms with Gasteiger partial charge < -0.3 is 10.6 Å². The highest BCUT2D eigenvalue weighted by molar-refractivity contribution is 9.10. The van der Waals surface area contributed by atoms with E-state index in [2.05, 4.69) is 26.6 Å². The number of rotatable bonds is 8. The number of halogens is 1. The topological polar surface area (TPSA) is 122 Å². The third-order valence-corrected chi connectivity index (χ3v) is 5.45. The standard InChI is InChI=1S/C19H23BrN4O4S/c1-13-9-15(20)5-8-17(13)23-19(26)12-24(2)11-18(25)22-10-14-3-6-16(7-4-14)29(21,27)28/h3-9H,10-12H2,1-2H3,(H,22,25)(H,23,26)(H2,21,27,28). The van der Waals surface area contributed by atoms with Gasteiger partial charge in [-0.05, 0) is 55.4 Å². The molecule has 0 aliphatic carbocycles. The molecule has 0 atom stereocenters. The number of carbonyl (C=O) groups excluding carboxylic acids is 2. The lowest BCUT2D eigenvalue weighted by molar-refractivity contribution is -0.123. The van der Waals surface area contributed by atoms with E-state index in [4.69, 9.17) is 5.14 Å². The molecule has 10 heteroatoms. The SMILES string of the molecule is Cc1cc(Br)ccc1NC(=O)CN(C)CC(=O)NCc1ccc(S(N)(=O)=O)cc1. The van der Waals surface area contributed by atoms with Crippen LogP contribution in [0.2, 0.25) is 0 Å². The van der Waals surface area contributed by atoms with Gasteiger partial charge in [0.2, 0.25) is 21.8 Å². The van der Waals surface area contributed by atoms with Crippen LogP contribution in [0.25, 0.3) is 0 Å². The molecule has 156 valence electrons. The second kappa shape index (κ2) is 9.97. The minimum absolute atomic E-state index is 0.0133. The number of hydrogen-bond acceptors (Lipinski definition) is 5. The van der Waals surface area contributed by atoms with E-state index < -0.39 is 10.0 Å². The molecule has 0 bridgehead atoms. The number of nitrogens with one attached hydrogen (secondary N) is 2. The van der Waals surface area contributed by atoms with Gasteiger partial charge in [0.1, 0.15) is 0 Å². The van der Waals surface area contributed by atoms with Crippen LogP contribution in [0.3, 0.4) is 0 Å². The maximum Gasteiger partial charge on any atom is 0.238 e. The van der Waals surface area contributed by atoms with Gasteiger partial charge in [0.05, 0.1) is 18.0 Å². The molecular weight excluding hydrogens is 460 g/mol. The van der Waals surface area contributed by atoms with Crippen LogP contribution in [0.1, 0.15) is 11.1 Å². The number of carbonyl (C=O) groups is 2. The minimum Gasteiger partial charge on any atom is -0.351 e. The normalized spacial score (nSPS) is 11.3. The molecule has 0 radical (unpaired) electrons. The molecule has 0 aromatic heterocycles. The Balaban J connectivity index is 1.79. The number of aryl methyl sites for hydroxylation is 1. The van der Waals surface area contributed by atoms with Crippen LogP contribution >= 0.6 is 15.9 Å². The number of benzene rings is 2. The highest BCUT2D eigenvalue weighted by Crippen LogP contribution is 2.19. The van der Waals surface area contributed by atoms with Gasteiger partial charge in [-0.3, -0.25) is 14.5 Å². The third-order valence-electron chi connectivity index (χ3n) is 4.03. The fourth-order valence-corrected chi connectivity index (χ4v) is 3.55. The Morgan fingerprint density at radius 3 is 2.28 bits per heavy atom. The Morgan fingerprint density at radius 2 is 1.69 bits per heavy atom. The lowest BCUT2D eigenvalue weighted by Gasteiger charge is -2.17. The van der Waals surface area contributed by atoms with Crippen molar-refractivity contribution >= 4 is 43.5 Å². The Morgan fingerprint density at radius 1 is 1.07 bits per heavy atom. The van der Waals surface area contributed by atoms with Gasteiger partial charge >= 0.3 is 0 Å². The number of nitrogens with zero attached hydrogens (tertiary/aromatic N) is 1. The van der Waals surface area contributed by atoms with Crippen LogP contribution in [0.4, 0.5) is 5.69 Å². The number of anilines is 1. The Bertz CT molecular complexity index is 994. The van der Waals surface area contributed by atoms with Crippen LogP contribution in [0, 0.1) is 6.92 Å². The summed E-state index contributed by atoms with van der Waals surface area (Å²) < 4.78 is 23.4. The molecule has 0 heterocycles. The molecule has 0 saturated heterocycles. The predicted octanol–water partition coefficient (Wildman–Crippen LogP) is 1.59. The van der Waals surface area contributed by atoms with Crippen molar-refractivity contribution in [3.05, 3.63) is 58.1 Å². The van der Waals surface area contributed by atoms with E-state index in [-0.39, 0.29) is 36.3 Å². The first-order valence-electron chi connectivity index (χ1n) is 8.67. The van der Waals surface area contributed by atoms with E-state index in [1.54, 1.807) is 24.1 Å². The second-order valence-corrected chi connectivity index (χ2v) is 9.12. The molecule has 2 amide bonds. The lowest BCUT2D eigenvalue weighted by Crippen LogP contribution is -2.38. The van der Waals surface area contributed by atoms with Crippen molar-refractivity contribution in [2.45, 2.75) is 18.4 Å². The summed E-state index contributed by atoms with van der Waals surface area (Å²) in [6.07, 6.45) is 0. The molecule has 0 unspecified atom stereocenters. The van der Waals surface area contributed by atoms with E-state index in [1.165, 1.54) is 12.1 Å².